The van der Waals surface area contributed by atoms with Gasteiger partial charge in [0.1, 0.15) is 0 Å². The summed E-state index contributed by atoms with van der Waals surface area (Å²) < 4.78 is 5.34. The molecule has 82 valence electrons. The molecule has 3 nitrogen and oxygen atoms in total. The van der Waals surface area contributed by atoms with Crippen LogP contribution in [-0.2, 0) is 9.53 Å². The Morgan fingerprint density at radius 2 is 2.29 bits per heavy atom. The first kappa shape index (κ1) is 11.9. The van der Waals surface area contributed by atoms with Gasteiger partial charge in [0.05, 0.1) is 11.4 Å². The molecule has 0 aromatic heterocycles. The average Bonchev–Trinajstić information content (AvgIpc) is 2.17. The molecule has 1 amide bonds. The van der Waals surface area contributed by atoms with Crippen molar-refractivity contribution in [2.24, 2.45) is 5.92 Å². The van der Waals surface area contributed by atoms with Gasteiger partial charge in [-0.3, -0.25) is 4.79 Å². The van der Waals surface area contributed by atoms with Gasteiger partial charge >= 0.3 is 0 Å². The molecule has 1 aliphatic rings. The van der Waals surface area contributed by atoms with Gasteiger partial charge in [-0.25, -0.2) is 0 Å². The molecule has 0 aromatic carbocycles. The number of hydrogen-bond donors (Lipinski definition) is 1. The Bertz CT molecular complexity index is 208. The zero-order valence-electron chi connectivity index (χ0n) is 9.06. The van der Waals surface area contributed by atoms with E-state index >= 15 is 0 Å². The summed E-state index contributed by atoms with van der Waals surface area (Å²) in [5.41, 5.74) is 0. The van der Waals surface area contributed by atoms with Crippen LogP contribution in [0, 0.1) is 5.92 Å². The quantitative estimate of drug-likeness (QED) is 0.704. The van der Waals surface area contributed by atoms with Crippen molar-refractivity contribution in [3.63, 3.8) is 0 Å². The van der Waals surface area contributed by atoms with Crippen LogP contribution in [0.4, 0.5) is 0 Å². The molecule has 0 saturated carbocycles. The molecule has 0 aromatic rings. The first-order chi connectivity index (χ1) is 6.56. The fraction of sp³-hybridized carbons (Fsp3) is 0.900. The van der Waals surface area contributed by atoms with E-state index in [0.717, 1.165) is 13.0 Å². The van der Waals surface area contributed by atoms with Crippen LogP contribution in [0.15, 0.2) is 0 Å². The number of thiol groups is 1. The van der Waals surface area contributed by atoms with E-state index in [1.54, 1.807) is 7.11 Å². The number of carbonyl (C=O) groups excluding carboxylic acids is 1. The predicted octanol–water partition coefficient (Wildman–Crippen LogP) is 1.19. The van der Waals surface area contributed by atoms with Gasteiger partial charge in [-0.15, -0.1) is 0 Å². The number of hydrogen-bond acceptors (Lipinski definition) is 3. The molecule has 0 aliphatic carbocycles. The lowest BCUT2D eigenvalue weighted by Gasteiger charge is -2.36. The highest BCUT2D eigenvalue weighted by Gasteiger charge is 2.29. The molecule has 1 aliphatic heterocycles. The zero-order valence-corrected chi connectivity index (χ0v) is 9.96. The number of rotatable bonds is 2. The molecule has 4 heteroatoms. The van der Waals surface area contributed by atoms with Crippen molar-refractivity contribution in [2.75, 3.05) is 20.2 Å². The van der Waals surface area contributed by atoms with Crippen LogP contribution in [0.3, 0.4) is 0 Å². The molecule has 0 N–H and O–H groups in total. The van der Waals surface area contributed by atoms with Crippen molar-refractivity contribution in [2.45, 2.75) is 31.6 Å². The molecule has 1 heterocycles. The van der Waals surface area contributed by atoms with Crippen molar-refractivity contribution in [3.8, 4) is 0 Å². The second-order valence-corrected chi connectivity index (χ2v) is 4.77. The summed E-state index contributed by atoms with van der Waals surface area (Å²) in [7, 11) is 1.71. The molecule has 0 spiro atoms. The van der Waals surface area contributed by atoms with E-state index in [9.17, 15) is 4.79 Å². The Kier molecular flexibility index (Phi) is 4.26. The van der Waals surface area contributed by atoms with E-state index in [4.69, 9.17) is 4.74 Å². The van der Waals surface area contributed by atoms with Crippen LogP contribution in [0.2, 0.25) is 0 Å². The number of amides is 1. The molecule has 0 radical (unpaired) electrons. The first-order valence-corrected chi connectivity index (χ1v) is 5.57. The Hall–Kier alpha value is -0.220. The van der Waals surface area contributed by atoms with Crippen LogP contribution in [0.5, 0.6) is 0 Å². The maximum atomic E-state index is 11.7. The van der Waals surface area contributed by atoms with Gasteiger partial charge in [-0.05, 0) is 19.3 Å². The second-order valence-electron chi connectivity index (χ2n) is 4.00. The van der Waals surface area contributed by atoms with Crippen LogP contribution in [-0.4, -0.2) is 42.4 Å². The zero-order chi connectivity index (χ0) is 10.7. The predicted molar refractivity (Wildman–Crippen MR) is 59.6 cm³/mol. The van der Waals surface area contributed by atoms with E-state index in [1.807, 2.05) is 11.8 Å². The van der Waals surface area contributed by atoms with Gasteiger partial charge in [-0.1, -0.05) is 6.92 Å². The molecule has 1 saturated heterocycles. The molecule has 3 unspecified atom stereocenters. The lowest BCUT2D eigenvalue weighted by molar-refractivity contribution is -0.135. The van der Waals surface area contributed by atoms with Crippen LogP contribution < -0.4 is 0 Å². The minimum Gasteiger partial charge on any atom is -0.379 e. The maximum absolute atomic E-state index is 11.7. The molecule has 0 bridgehead atoms. The third kappa shape index (κ3) is 2.64. The topological polar surface area (TPSA) is 29.5 Å². The summed E-state index contributed by atoms with van der Waals surface area (Å²) in [6.07, 6.45) is 1.20. The summed E-state index contributed by atoms with van der Waals surface area (Å²) in [5.74, 6) is 0.654. The molecule has 14 heavy (non-hydrogen) atoms. The lowest BCUT2D eigenvalue weighted by atomic mass is 9.95. The fourth-order valence-corrected chi connectivity index (χ4v) is 1.97. The molecular formula is C10H19NO2S. The lowest BCUT2D eigenvalue weighted by Crippen LogP contribution is -2.48. The van der Waals surface area contributed by atoms with E-state index in [-0.39, 0.29) is 17.3 Å². The largest absolute Gasteiger partial charge is 0.379 e. The van der Waals surface area contributed by atoms with E-state index in [0.29, 0.717) is 12.5 Å². The van der Waals surface area contributed by atoms with Crippen LogP contribution in [0.1, 0.15) is 20.3 Å². The smallest absolute Gasteiger partial charge is 0.235 e. The number of likely N-dealkylation sites (tertiary alicyclic amines) is 1. The Morgan fingerprint density at radius 1 is 1.64 bits per heavy atom. The van der Waals surface area contributed by atoms with Crippen molar-refractivity contribution >= 4 is 18.5 Å². The van der Waals surface area contributed by atoms with Gasteiger partial charge in [0.2, 0.25) is 5.91 Å². The Labute approximate surface area is 91.2 Å². The van der Waals surface area contributed by atoms with Crippen molar-refractivity contribution in [1.29, 1.82) is 0 Å². The van der Waals surface area contributed by atoms with Gasteiger partial charge < -0.3 is 9.64 Å². The molecule has 3 atom stereocenters. The third-order valence-corrected chi connectivity index (χ3v) is 3.08. The van der Waals surface area contributed by atoms with Gasteiger partial charge in [0, 0.05) is 20.2 Å². The number of ether oxygens (including phenoxy) is 1. The fourth-order valence-electron chi connectivity index (χ4n) is 1.81. The van der Waals surface area contributed by atoms with Crippen LogP contribution >= 0.6 is 12.6 Å². The Balaban J connectivity index is 2.54. The van der Waals surface area contributed by atoms with E-state index < -0.39 is 0 Å². The second kappa shape index (κ2) is 5.03. The number of carbonyl (C=O) groups is 1. The van der Waals surface area contributed by atoms with Crippen molar-refractivity contribution in [3.05, 3.63) is 0 Å². The highest BCUT2D eigenvalue weighted by molar-refractivity contribution is 7.81. The summed E-state index contributed by atoms with van der Waals surface area (Å²) in [6.45, 7) is 5.53. The number of piperidine rings is 1. The standard InChI is InChI=1S/C10H19NO2S/c1-7-4-5-11(6-9(7)13-3)10(12)8(2)14/h7-9,14H,4-6H2,1-3H3. The summed E-state index contributed by atoms with van der Waals surface area (Å²) in [4.78, 5) is 13.5. The van der Waals surface area contributed by atoms with E-state index in [1.165, 1.54) is 0 Å². The minimum atomic E-state index is -0.207. The van der Waals surface area contributed by atoms with Gasteiger partial charge in [-0.2, -0.15) is 12.6 Å². The molecule has 1 fully saturated rings. The highest BCUT2D eigenvalue weighted by atomic mass is 32.1. The van der Waals surface area contributed by atoms with Crippen molar-refractivity contribution < 1.29 is 9.53 Å². The van der Waals surface area contributed by atoms with Gasteiger partial charge in [0.25, 0.3) is 0 Å². The van der Waals surface area contributed by atoms with Gasteiger partial charge in [0.15, 0.2) is 0 Å². The van der Waals surface area contributed by atoms with Crippen LogP contribution in [0.25, 0.3) is 0 Å². The minimum absolute atomic E-state index is 0.113. The molecule has 1 rings (SSSR count). The average molecular weight is 217 g/mol. The van der Waals surface area contributed by atoms with E-state index in [2.05, 4.69) is 19.6 Å². The summed E-state index contributed by atoms with van der Waals surface area (Å²) in [6, 6.07) is 0. The monoisotopic (exact) mass is 217 g/mol. The SMILES string of the molecule is COC1CN(C(=O)C(C)S)CCC1C. The number of nitrogens with zero attached hydrogens (tertiary/aromatic N) is 1. The van der Waals surface area contributed by atoms with Crippen molar-refractivity contribution in [1.82, 2.24) is 4.90 Å². The Morgan fingerprint density at radius 3 is 2.79 bits per heavy atom. The normalized spacial score (nSPS) is 30.1. The first-order valence-electron chi connectivity index (χ1n) is 5.06. The maximum Gasteiger partial charge on any atom is 0.235 e. The molecular weight excluding hydrogens is 198 g/mol. The summed E-state index contributed by atoms with van der Waals surface area (Å²) >= 11 is 4.15. The number of methoxy groups -OCH3 is 1. The summed E-state index contributed by atoms with van der Waals surface area (Å²) in [5, 5.41) is -0.207. The third-order valence-electron chi connectivity index (χ3n) is 2.86. The highest BCUT2D eigenvalue weighted by Crippen LogP contribution is 2.20.